The number of nitrogens with one attached hydrogen (secondary N) is 1. The lowest BCUT2D eigenvalue weighted by Crippen LogP contribution is -2.27. The molecule has 0 unspecified atom stereocenters. The molecule has 0 aliphatic heterocycles. The summed E-state index contributed by atoms with van der Waals surface area (Å²) in [7, 11) is -3.46. The molecule has 1 aliphatic rings. The summed E-state index contributed by atoms with van der Waals surface area (Å²) in [5, 5.41) is 0. The van der Waals surface area contributed by atoms with Crippen molar-refractivity contribution in [1.82, 2.24) is 4.72 Å². The molecule has 1 saturated carbocycles. The normalized spacial score (nSPS) is 16.4. The zero-order chi connectivity index (χ0) is 11.9. The summed E-state index contributed by atoms with van der Waals surface area (Å²) in [6.07, 6.45) is 1.84. The first kappa shape index (κ1) is 11.4. The molecular formula is C11H16N2O2S. The average Bonchev–Trinajstić information content (AvgIpc) is 2.94. The first-order valence-corrected chi connectivity index (χ1v) is 6.78. The molecule has 5 heteroatoms. The fraction of sp³-hybridized carbons (Fsp3) is 0.455. The number of anilines is 1. The van der Waals surface area contributed by atoms with Gasteiger partial charge in [-0.1, -0.05) is 12.1 Å². The van der Waals surface area contributed by atoms with E-state index in [0.717, 1.165) is 18.4 Å². The Hall–Kier alpha value is -1.07. The van der Waals surface area contributed by atoms with Crippen molar-refractivity contribution < 1.29 is 8.42 Å². The van der Waals surface area contributed by atoms with Crippen LogP contribution >= 0.6 is 0 Å². The molecule has 2 rings (SSSR count). The number of benzene rings is 1. The second-order valence-corrected chi connectivity index (χ2v) is 5.99. The lowest BCUT2D eigenvalue weighted by molar-refractivity contribution is 0.581. The highest BCUT2D eigenvalue weighted by atomic mass is 32.2. The van der Waals surface area contributed by atoms with Gasteiger partial charge in [-0.3, -0.25) is 0 Å². The summed E-state index contributed by atoms with van der Waals surface area (Å²) in [6.45, 7) is 3.57. The van der Waals surface area contributed by atoms with E-state index < -0.39 is 10.0 Å². The van der Waals surface area contributed by atoms with Crippen molar-refractivity contribution in [2.75, 3.05) is 5.73 Å². The SMILES string of the molecule is Cc1ccc(C)c(S(=O)(=O)NC2CC2)c1N. The lowest BCUT2D eigenvalue weighted by atomic mass is 10.1. The first-order valence-electron chi connectivity index (χ1n) is 5.30. The van der Waals surface area contributed by atoms with Gasteiger partial charge < -0.3 is 5.73 Å². The Labute approximate surface area is 95.9 Å². The molecule has 0 bridgehead atoms. The summed E-state index contributed by atoms with van der Waals surface area (Å²) in [5.41, 5.74) is 7.69. The highest BCUT2D eigenvalue weighted by molar-refractivity contribution is 7.89. The number of hydrogen-bond donors (Lipinski definition) is 2. The van der Waals surface area contributed by atoms with E-state index in [1.807, 2.05) is 13.0 Å². The minimum Gasteiger partial charge on any atom is -0.397 e. The van der Waals surface area contributed by atoms with E-state index in [1.165, 1.54) is 0 Å². The van der Waals surface area contributed by atoms with Gasteiger partial charge in [0.05, 0.1) is 5.69 Å². The Morgan fingerprint density at radius 2 is 1.81 bits per heavy atom. The molecule has 1 fully saturated rings. The Kier molecular flexibility index (Phi) is 2.67. The van der Waals surface area contributed by atoms with Gasteiger partial charge in [-0.25, -0.2) is 13.1 Å². The van der Waals surface area contributed by atoms with Gasteiger partial charge in [-0.2, -0.15) is 0 Å². The highest BCUT2D eigenvalue weighted by Gasteiger charge is 2.30. The molecule has 0 heterocycles. The molecule has 88 valence electrons. The van der Waals surface area contributed by atoms with Crippen molar-refractivity contribution in [2.45, 2.75) is 37.6 Å². The van der Waals surface area contributed by atoms with E-state index in [4.69, 9.17) is 5.73 Å². The molecule has 0 atom stereocenters. The molecular weight excluding hydrogens is 224 g/mol. The van der Waals surface area contributed by atoms with Crippen LogP contribution in [0.3, 0.4) is 0 Å². The molecule has 1 aliphatic carbocycles. The van der Waals surface area contributed by atoms with Crippen LogP contribution in [0.25, 0.3) is 0 Å². The van der Waals surface area contributed by atoms with Crippen LogP contribution in [0.2, 0.25) is 0 Å². The molecule has 1 aromatic carbocycles. The number of sulfonamides is 1. The maximum atomic E-state index is 12.1. The van der Waals surface area contributed by atoms with Crippen LogP contribution in [0, 0.1) is 13.8 Å². The third-order valence-corrected chi connectivity index (χ3v) is 4.50. The number of aryl methyl sites for hydroxylation is 2. The number of nitrogens with two attached hydrogens (primary N) is 1. The van der Waals surface area contributed by atoms with Crippen LogP contribution in [0.5, 0.6) is 0 Å². The summed E-state index contributed by atoms with van der Waals surface area (Å²) in [4.78, 5) is 0.236. The third kappa shape index (κ3) is 2.05. The molecule has 4 nitrogen and oxygen atoms in total. The van der Waals surface area contributed by atoms with E-state index in [-0.39, 0.29) is 10.9 Å². The van der Waals surface area contributed by atoms with Crippen molar-refractivity contribution >= 4 is 15.7 Å². The first-order chi connectivity index (χ1) is 7.42. The standard InChI is InChI=1S/C11H16N2O2S/c1-7-3-4-8(2)11(10(7)12)16(14,15)13-9-5-6-9/h3-4,9,13H,5-6,12H2,1-2H3. The maximum absolute atomic E-state index is 12.1. The summed E-state index contributed by atoms with van der Waals surface area (Å²) < 4.78 is 26.8. The Morgan fingerprint density at radius 3 is 2.38 bits per heavy atom. The molecule has 16 heavy (non-hydrogen) atoms. The van der Waals surface area contributed by atoms with Gasteiger partial charge in [-0.15, -0.1) is 0 Å². The van der Waals surface area contributed by atoms with Gasteiger partial charge in [0, 0.05) is 6.04 Å². The van der Waals surface area contributed by atoms with E-state index in [2.05, 4.69) is 4.72 Å². The minimum absolute atomic E-state index is 0.101. The van der Waals surface area contributed by atoms with Crippen molar-refractivity contribution in [3.63, 3.8) is 0 Å². The van der Waals surface area contributed by atoms with Gasteiger partial charge in [0.2, 0.25) is 10.0 Å². The maximum Gasteiger partial charge on any atom is 0.243 e. The second-order valence-electron chi connectivity index (χ2n) is 4.34. The Bertz CT molecular complexity index is 519. The van der Waals surface area contributed by atoms with Gasteiger partial charge in [0.1, 0.15) is 4.90 Å². The Balaban J connectivity index is 2.49. The van der Waals surface area contributed by atoms with Crippen LogP contribution in [-0.4, -0.2) is 14.5 Å². The quantitative estimate of drug-likeness (QED) is 0.783. The third-order valence-electron chi connectivity index (χ3n) is 2.78. The van der Waals surface area contributed by atoms with Crippen molar-refractivity contribution in [2.24, 2.45) is 0 Å². The summed E-state index contributed by atoms with van der Waals surface area (Å²) >= 11 is 0. The van der Waals surface area contributed by atoms with Crippen LogP contribution in [0.4, 0.5) is 5.69 Å². The predicted molar refractivity (Wildman–Crippen MR) is 63.7 cm³/mol. The van der Waals surface area contributed by atoms with Gasteiger partial charge in [0.25, 0.3) is 0 Å². The Morgan fingerprint density at radius 1 is 1.25 bits per heavy atom. The largest absolute Gasteiger partial charge is 0.397 e. The van der Waals surface area contributed by atoms with Crippen LogP contribution < -0.4 is 10.5 Å². The van der Waals surface area contributed by atoms with E-state index >= 15 is 0 Å². The summed E-state index contributed by atoms with van der Waals surface area (Å²) in [6, 6.07) is 3.72. The second kappa shape index (κ2) is 3.75. The van der Waals surface area contributed by atoms with E-state index in [1.54, 1.807) is 13.0 Å². The topological polar surface area (TPSA) is 72.2 Å². The monoisotopic (exact) mass is 240 g/mol. The van der Waals surface area contributed by atoms with Gasteiger partial charge in [-0.05, 0) is 37.8 Å². The van der Waals surface area contributed by atoms with Crippen molar-refractivity contribution in [3.05, 3.63) is 23.3 Å². The van der Waals surface area contributed by atoms with Crippen molar-refractivity contribution in [1.29, 1.82) is 0 Å². The van der Waals surface area contributed by atoms with Crippen LogP contribution in [0.1, 0.15) is 24.0 Å². The molecule has 3 N–H and O–H groups in total. The molecule has 0 radical (unpaired) electrons. The smallest absolute Gasteiger partial charge is 0.243 e. The highest BCUT2D eigenvalue weighted by Crippen LogP contribution is 2.28. The average molecular weight is 240 g/mol. The zero-order valence-corrected chi connectivity index (χ0v) is 10.3. The fourth-order valence-electron chi connectivity index (χ4n) is 1.64. The lowest BCUT2D eigenvalue weighted by Gasteiger charge is -2.13. The molecule has 1 aromatic rings. The molecule has 0 amide bonds. The minimum atomic E-state index is -3.46. The number of hydrogen-bond acceptors (Lipinski definition) is 3. The molecule has 0 spiro atoms. The number of nitrogen functional groups attached to an aromatic ring is 1. The van der Waals surface area contributed by atoms with Gasteiger partial charge >= 0.3 is 0 Å². The zero-order valence-electron chi connectivity index (χ0n) is 9.45. The van der Waals surface area contributed by atoms with E-state index in [0.29, 0.717) is 11.3 Å². The predicted octanol–water partition coefficient (Wildman–Crippen LogP) is 1.33. The van der Waals surface area contributed by atoms with Crippen molar-refractivity contribution in [3.8, 4) is 0 Å². The van der Waals surface area contributed by atoms with Gasteiger partial charge in [0.15, 0.2) is 0 Å². The summed E-state index contributed by atoms with van der Waals surface area (Å²) in [5.74, 6) is 0. The number of rotatable bonds is 3. The molecule has 0 aromatic heterocycles. The fourth-order valence-corrected chi connectivity index (χ4v) is 3.38. The molecule has 0 saturated heterocycles. The van der Waals surface area contributed by atoms with E-state index in [9.17, 15) is 8.42 Å². The van der Waals surface area contributed by atoms with Crippen LogP contribution in [0.15, 0.2) is 17.0 Å². The van der Waals surface area contributed by atoms with Crippen LogP contribution in [-0.2, 0) is 10.0 Å².